The summed E-state index contributed by atoms with van der Waals surface area (Å²) in [4.78, 5) is 30.5. The Morgan fingerprint density at radius 2 is 1.88 bits per heavy atom. The number of hydrogen-bond donors (Lipinski definition) is 3. The van der Waals surface area contributed by atoms with Gasteiger partial charge >= 0.3 is 6.09 Å². The van der Waals surface area contributed by atoms with E-state index in [4.69, 9.17) is 5.11 Å². The Morgan fingerprint density at radius 3 is 2.58 bits per heavy atom. The summed E-state index contributed by atoms with van der Waals surface area (Å²) in [6.07, 6.45) is 0.305. The van der Waals surface area contributed by atoms with Crippen LogP contribution >= 0.6 is 0 Å². The van der Waals surface area contributed by atoms with Crippen molar-refractivity contribution in [3.63, 3.8) is 0 Å². The minimum Gasteiger partial charge on any atom is -0.465 e. The van der Waals surface area contributed by atoms with E-state index in [1.165, 1.54) is 31.3 Å². The Bertz CT molecular complexity index is 1040. The molecule has 7 nitrogen and oxygen atoms in total. The van der Waals surface area contributed by atoms with E-state index in [0.717, 1.165) is 0 Å². The van der Waals surface area contributed by atoms with Gasteiger partial charge in [0.25, 0.3) is 0 Å². The standard InChI is InChI=1S/C18H15FN4O3/c1-9-13(14-6-12(23-18(25)26)3-4-15(14)19)5-11-8-20-17(22-10(2)24)7-16(11)21-9/h3-8,23H,1-2H3,(H,25,26)(H,20,22,24). The minimum absolute atomic E-state index is 0.231. The van der Waals surface area contributed by atoms with Crippen molar-refractivity contribution in [2.75, 3.05) is 10.6 Å². The average molecular weight is 354 g/mol. The molecule has 2 amide bonds. The molecule has 3 N–H and O–H groups in total. The number of rotatable bonds is 3. The lowest BCUT2D eigenvalue weighted by Crippen LogP contribution is -2.07. The Labute approximate surface area is 147 Å². The van der Waals surface area contributed by atoms with Crippen LogP contribution in [0.25, 0.3) is 22.0 Å². The summed E-state index contributed by atoms with van der Waals surface area (Å²) < 4.78 is 14.3. The van der Waals surface area contributed by atoms with Crippen molar-refractivity contribution in [3.05, 3.63) is 48.0 Å². The molecule has 26 heavy (non-hydrogen) atoms. The third-order valence-electron chi connectivity index (χ3n) is 3.70. The summed E-state index contributed by atoms with van der Waals surface area (Å²) in [5, 5.41) is 14.3. The largest absolute Gasteiger partial charge is 0.465 e. The lowest BCUT2D eigenvalue weighted by molar-refractivity contribution is -0.114. The number of pyridine rings is 2. The first-order chi connectivity index (χ1) is 12.3. The fraction of sp³-hybridized carbons (Fsp3) is 0.111. The number of carbonyl (C=O) groups excluding carboxylic acids is 1. The highest BCUT2D eigenvalue weighted by Gasteiger charge is 2.13. The molecule has 0 aliphatic carbocycles. The van der Waals surface area contributed by atoms with Crippen LogP contribution in [0.3, 0.4) is 0 Å². The number of amides is 2. The van der Waals surface area contributed by atoms with Crippen molar-refractivity contribution < 1.29 is 19.1 Å². The number of nitrogens with zero attached hydrogens (tertiary/aromatic N) is 2. The molecule has 8 heteroatoms. The normalized spacial score (nSPS) is 10.6. The van der Waals surface area contributed by atoms with E-state index < -0.39 is 11.9 Å². The summed E-state index contributed by atoms with van der Waals surface area (Å²) >= 11 is 0. The van der Waals surface area contributed by atoms with Gasteiger partial charge in [-0.05, 0) is 31.2 Å². The molecule has 0 spiro atoms. The number of halogens is 1. The van der Waals surface area contributed by atoms with Crippen molar-refractivity contribution in [2.24, 2.45) is 0 Å². The van der Waals surface area contributed by atoms with Gasteiger partial charge in [0, 0.05) is 47.1 Å². The monoisotopic (exact) mass is 354 g/mol. The molecular weight excluding hydrogens is 339 g/mol. The highest BCUT2D eigenvalue weighted by molar-refractivity contribution is 5.92. The Hall–Kier alpha value is -3.55. The first kappa shape index (κ1) is 17.3. The van der Waals surface area contributed by atoms with Crippen LogP contribution in [0.5, 0.6) is 0 Å². The van der Waals surface area contributed by atoms with Crippen molar-refractivity contribution in [2.45, 2.75) is 13.8 Å². The molecule has 0 bridgehead atoms. The molecule has 3 aromatic rings. The van der Waals surface area contributed by atoms with Crippen LogP contribution in [0, 0.1) is 12.7 Å². The minimum atomic E-state index is -1.23. The molecule has 1 aromatic carbocycles. The van der Waals surface area contributed by atoms with E-state index in [1.807, 2.05) is 0 Å². The zero-order chi connectivity index (χ0) is 18.8. The predicted octanol–water partition coefficient (Wildman–Crippen LogP) is 3.79. The number of anilines is 2. The second-order valence-corrected chi connectivity index (χ2v) is 5.69. The number of aryl methyl sites for hydroxylation is 1. The zero-order valence-electron chi connectivity index (χ0n) is 14.0. The van der Waals surface area contributed by atoms with Gasteiger partial charge in [0.05, 0.1) is 5.52 Å². The van der Waals surface area contributed by atoms with Crippen LogP contribution in [0.15, 0.2) is 36.5 Å². The van der Waals surface area contributed by atoms with Gasteiger partial charge in [0.1, 0.15) is 11.6 Å². The maximum atomic E-state index is 14.3. The Kier molecular flexibility index (Phi) is 4.49. The highest BCUT2D eigenvalue weighted by atomic mass is 19.1. The van der Waals surface area contributed by atoms with Crippen LogP contribution in [0.2, 0.25) is 0 Å². The molecule has 2 heterocycles. The van der Waals surface area contributed by atoms with Crippen LogP contribution in [-0.2, 0) is 4.79 Å². The van der Waals surface area contributed by atoms with E-state index in [1.54, 1.807) is 19.1 Å². The lowest BCUT2D eigenvalue weighted by Gasteiger charge is -2.11. The van der Waals surface area contributed by atoms with E-state index in [0.29, 0.717) is 28.0 Å². The molecule has 132 valence electrons. The lowest BCUT2D eigenvalue weighted by atomic mass is 10.0. The number of carbonyl (C=O) groups is 2. The average Bonchev–Trinajstić information content (AvgIpc) is 2.55. The van der Waals surface area contributed by atoms with Crippen LogP contribution < -0.4 is 10.6 Å². The number of nitrogens with one attached hydrogen (secondary N) is 2. The van der Waals surface area contributed by atoms with Gasteiger partial charge in [0.15, 0.2) is 0 Å². The molecule has 2 aromatic heterocycles. The van der Waals surface area contributed by atoms with Crippen LogP contribution in [0.1, 0.15) is 12.6 Å². The molecule has 0 aliphatic rings. The third-order valence-corrected chi connectivity index (χ3v) is 3.70. The van der Waals surface area contributed by atoms with Gasteiger partial charge in [-0.15, -0.1) is 0 Å². The van der Waals surface area contributed by atoms with E-state index >= 15 is 0 Å². The second kappa shape index (κ2) is 6.75. The molecule has 0 saturated heterocycles. The maximum Gasteiger partial charge on any atom is 0.409 e. The quantitative estimate of drug-likeness (QED) is 0.664. The first-order valence-corrected chi connectivity index (χ1v) is 7.68. The number of fused-ring (bicyclic) bond motifs is 1. The van der Waals surface area contributed by atoms with Crippen molar-refractivity contribution in [1.82, 2.24) is 9.97 Å². The molecule has 0 saturated carbocycles. The van der Waals surface area contributed by atoms with Gasteiger partial charge in [-0.2, -0.15) is 0 Å². The van der Waals surface area contributed by atoms with Gasteiger partial charge in [-0.3, -0.25) is 15.1 Å². The summed E-state index contributed by atoms with van der Waals surface area (Å²) in [7, 11) is 0. The molecule has 0 radical (unpaired) electrons. The second-order valence-electron chi connectivity index (χ2n) is 5.69. The van der Waals surface area contributed by atoms with Crippen LogP contribution in [-0.4, -0.2) is 27.1 Å². The SMILES string of the molecule is CC(=O)Nc1cc2nc(C)c(-c3cc(NC(=O)O)ccc3F)cc2cn1. The first-order valence-electron chi connectivity index (χ1n) is 7.68. The van der Waals surface area contributed by atoms with Crippen molar-refractivity contribution >= 4 is 34.4 Å². The summed E-state index contributed by atoms with van der Waals surface area (Å²) in [5.74, 6) is -0.355. The van der Waals surface area contributed by atoms with E-state index in [9.17, 15) is 14.0 Å². The molecule has 0 atom stereocenters. The molecule has 0 fully saturated rings. The topological polar surface area (TPSA) is 104 Å². The number of carboxylic acid groups (broad SMARTS) is 1. The van der Waals surface area contributed by atoms with Gasteiger partial charge in [-0.1, -0.05) is 0 Å². The number of hydrogen-bond acceptors (Lipinski definition) is 4. The van der Waals surface area contributed by atoms with Gasteiger partial charge < -0.3 is 10.4 Å². The van der Waals surface area contributed by atoms with Crippen molar-refractivity contribution in [3.8, 4) is 11.1 Å². The number of aromatic nitrogens is 2. The maximum absolute atomic E-state index is 14.3. The molecular formula is C18H15FN4O3. The van der Waals surface area contributed by atoms with Crippen molar-refractivity contribution in [1.29, 1.82) is 0 Å². The zero-order valence-corrected chi connectivity index (χ0v) is 14.0. The molecule has 0 unspecified atom stereocenters. The third kappa shape index (κ3) is 3.59. The summed E-state index contributed by atoms with van der Waals surface area (Å²) in [6, 6.07) is 7.32. The highest BCUT2D eigenvalue weighted by Crippen LogP contribution is 2.30. The smallest absolute Gasteiger partial charge is 0.409 e. The predicted molar refractivity (Wildman–Crippen MR) is 95.6 cm³/mol. The Balaban J connectivity index is 2.09. The van der Waals surface area contributed by atoms with E-state index in [2.05, 4.69) is 20.6 Å². The number of benzene rings is 1. The fourth-order valence-electron chi connectivity index (χ4n) is 2.62. The summed E-state index contributed by atoms with van der Waals surface area (Å²) in [6.45, 7) is 3.11. The van der Waals surface area contributed by atoms with Crippen LogP contribution in [0.4, 0.5) is 20.7 Å². The van der Waals surface area contributed by atoms with Gasteiger partial charge in [0.2, 0.25) is 5.91 Å². The summed E-state index contributed by atoms with van der Waals surface area (Å²) in [5.41, 5.74) is 2.17. The molecule has 0 aliphatic heterocycles. The fourth-order valence-corrected chi connectivity index (χ4v) is 2.62. The van der Waals surface area contributed by atoms with Gasteiger partial charge in [-0.25, -0.2) is 14.2 Å². The molecule has 3 rings (SSSR count). The van der Waals surface area contributed by atoms with E-state index in [-0.39, 0.29) is 17.2 Å². The Morgan fingerprint density at radius 1 is 1.12 bits per heavy atom.